The minimum atomic E-state index is -0.600. The number of aryl methyl sites for hydroxylation is 1. The van der Waals surface area contributed by atoms with Gasteiger partial charge in [-0.1, -0.05) is 28.4 Å². The molecule has 0 saturated carbocycles. The molecule has 0 radical (unpaired) electrons. The molecule has 1 heterocycles. The van der Waals surface area contributed by atoms with Crippen LogP contribution < -0.4 is 10.6 Å². The van der Waals surface area contributed by atoms with Crippen LogP contribution in [-0.4, -0.2) is 16.2 Å². The predicted octanol–water partition coefficient (Wildman–Crippen LogP) is 3.38. The Morgan fingerprint density at radius 1 is 1.41 bits per heavy atom. The Morgan fingerprint density at radius 2 is 2.14 bits per heavy atom. The summed E-state index contributed by atoms with van der Waals surface area (Å²) >= 11 is 11.6. The minimum Gasteiger partial charge on any atom is -0.340 e. The van der Waals surface area contributed by atoms with Crippen LogP contribution in [0.1, 0.15) is 30.2 Å². The molecule has 2 N–H and O–H groups in total. The van der Waals surface area contributed by atoms with Crippen molar-refractivity contribution in [1.29, 1.82) is 0 Å². The molecule has 0 fully saturated rings. The van der Waals surface area contributed by atoms with E-state index in [1.165, 1.54) is 12.1 Å². The summed E-state index contributed by atoms with van der Waals surface area (Å²) in [7, 11) is 0. The number of hydrogen-bond donors (Lipinski definition) is 2. The molecule has 2 amide bonds. The first-order valence-electron chi connectivity index (χ1n) is 6.35. The largest absolute Gasteiger partial charge is 0.340 e. The number of rotatable bonds is 4. The van der Waals surface area contributed by atoms with Crippen molar-refractivity contribution in [1.82, 2.24) is 20.8 Å². The van der Waals surface area contributed by atoms with Gasteiger partial charge in [-0.25, -0.2) is 9.18 Å². The standard InChI is InChI=1S/C13H13Cl2FN4O2/c1-6(8-3-11(16)10(15)4-9(8)14)18-13(21)17-5-12-19-7(2)22-20-12/h3-4,6H,5H2,1-2H3,(H2,17,18,21). The molecular weight excluding hydrogens is 334 g/mol. The molecule has 0 aliphatic heterocycles. The van der Waals surface area contributed by atoms with Crippen LogP contribution in [0.5, 0.6) is 0 Å². The zero-order valence-electron chi connectivity index (χ0n) is 11.8. The summed E-state index contributed by atoms with van der Waals surface area (Å²) in [5, 5.41) is 9.04. The van der Waals surface area contributed by atoms with E-state index in [2.05, 4.69) is 20.8 Å². The summed E-state index contributed by atoms with van der Waals surface area (Å²) in [4.78, 5) is 15.7. The number of amides is 2. The van der Waals surface area contributed by atoms with Crippen molar-refractivity contribution in [2.75, 3.05) is 0 Å². The maximum absolute atomic E-state index is 13.5. The fourth-order valence-corrected chi connectivity index (χ4v) is 2.31. The van der Waals surface area contributed by atoms with Crippen molar-refractivity contribution < 1.29 is 13.7 Å². The van der Waals surface area contributed by atoms with Gasteiger partial charge in [0.05, 0.1) is 17.6 Å². The third-order valence-corrected chi connectivity index (χ3v) is 3.45. The van der Waals surface area contributed by atoms with Crippen LogP contribution in [0, 0.1) is 12.7 Å². The monoisotopic (exact) mass is 346 g/mol. The van der Waals surface area contributed by atoms with Gasteiger partial charge in [-0.15, -0.1) is 0 Å². The van der Waals surface area contributed by atoms with Gasteiger partial charge in [-0.05, 0) is 24.6 Å². The van der Waals surface area contributed by atoms with Gasteiger partial charge in [0.25, 0.3) is 0 Å². The first-order chi connectivity index (χ1) is 10.4. The zero-order chi connectivity index (χ0) is 16.3. The molecule has 1 aromatic heterocycles. The number of carbonyl (C=O) groups is 1. The molecule has 0 aliphatic carbocycles. The van der Waals surface area contributed by atoms with E-state index in [1.54, 1.807) is 13.8 Å². The quantitative estimate of drug-likeness (QED) is 0.831. The Bertz CT molecular complexity index is 693. The van der Waals surface area contributed by atoms with Crippen LogP contribution in [0.15, 0.2) is 16.7 Å². The average molecular weight is 347 g/mol. The van der Waals surface area contributed by atoms with Crippen molar-refractivity contribution in [3.05, 3.63) is 45.3 Å². The zero-order valence-corrected chi connectivity index (χ0v) is 13.3. The van der Waals surface area contributed by atoms with E-state index in [0.717, 1.165) is 0 Å². The second-order valence-corrected chi connectivity index (χ2v) is 5.38. The van der Waals surface area contributed by atoms with E-state index in [1.807, 2.05) is 0 Å². The van der Waals surface area contributed by atoms with E-state index in [-0.39, 0.29) is 16.6 Å². The Morgan fingerprint density at radius 3 is 2.77 bits per heavy atom. The molecule has 9 heteroatoms. The second-order valence-electron chi connectivity index (χ2n) is 4.57. The summed E-state index contributed by atoms with van der Waals surface area (Å²) in [6, 6.07) is 1.51. The minimum absolute atomic E-state index is 0.0714. The first-order valence-corrected chi connectivity index (χ1v) is 7.10. The van der Waals surface area contributed by atoms with Crippen LogP contribution in [0.2, 0.25) is 10.0 Å². The number of nitrogens with one attached hydrogen (secondary N) is 2. The average Bonchev–Trinajstić information content (AvgIpc) is 2.86. The molecule has 2 aromatic rings. The van der Waals surface area contributed by atoms with Crippen molar-refractivity contribution >= 4 is 29.2 Å². The third kappa shape index (κ3) is 4.08. The number of carbonyl (C=O) groups excluding carboxylic acids is 1. The predicted molar refractivity (Wildman–Crippen MR) is 79.2 cm³/mol. The summed E-state index contributed by atoms with van der Waals surface area (Å²) in [5.41, 5.74) is 0.425. The number of nitrogens with zero attached hydrogens (tertiary/aromatic N) is 2. The second kappa shape index (κ2) is 6.93. The molecule has 0 aliphatic rings. The normalized spacial score (nSPS) is 12.0. The number of halogens is 3. The van der Waals surface area contributed by atoms with Gasteiger partial charge in [0.2, 0.25) is 5.89 Å². The lowest BCUT2D eigenvalue weighted by atomic mass is 10.1. The highest BCUT2D eigenvalue weighted by molar-refractivity contribution is 6.35. The van der Waals surface area contributed by atoms with Crippen LogP contribution >= 0.6 is 23.2 Å². The number of urea groups is 1. The van der Waals surface area contributed by atoms with Crippen molar-refractivity contribution in [2.24, 2.45) is 0 Å². The maximum Gasteiger partial charge on any atom is 0.315 e. The van der Waals surface area contributed by atoms with Crippen molar-refractivity contribution in [3.63, 3.8) is 0 Å². The van der Waals surface area contributed by atoms with Crippen LogP contribution in [-0.2, 0) is 6.54 Å². The first kappa shape index (κ1) is 16.5. The molecule has 118 valence electrons. The highest BCUT2D eigenvalue weighted by atomic mass is 35.5. The molecule has 22 heavy (non-hydrogen) atoms. The van der Waals surface area contributed by atoms with Gasteiger partial charge < -0.3 is 15.2 Å². The lowest BCUT2D eigenvalue weighted by Gasteiger charge is -2.16. The molecule has 1 atom stereocenters. The van der Waals surface area contributed by atoms with Gasteiger partial charge in [0.15, 0.2) is 5.82 Å². The van der Waals surface area contributed by atoms with Crippen LogP contribution in [0.4, 0.5) is 9.18 Å². The Balaban J connectivity index is 1.95. The molecule has 0 bridgehead atoms. The maximum atomic E-state index is 13.5. The highest BCUT2D eigenvalue weighted by Crippen LogP contribution is 2.28. The Kier molecular flexibility index (Phi) is 5.20. The SMILES string of the molecule is Cc1nc(CNC(=O)NC(C)c2cc(F)c(Cl)cc2Cl)no1. The van der Waals surface area contributed by atoms with E-state index in [4.69, 9.17) is 27.7 Å². The van der Waals surface area contributed by atoms with E-state index >= 15 is 0 Å². The molecule has 1 aromatic carbocycles. The highest BCUT2D eigenvalue weighted by Gasteiger charge is 2.15. The lowest BCUT2D eigenvalue weighted by molar-refractivity contribution is 0.237. The summed E-state index contributed by atoms with van der Waals surface area (Å²) in [6.45, 7) is 3.43. The topological polar surface area (TPSA) is 80.0 Å². The van der Waals surface area contributed by atoms with Gasteiger partial charge >= 0.3 is 6.03 Å². The molecule has 0 saturated heterocycles. The van der Waals surface area contributed by atoms with E-state index in [0.29, 0.717) is 17.3 Å². The Labute approximate surface area is 136 Å². The van der Waals surface area contributed by atoms with Gasteiger partial charge in [0, 0.05) is 11.9 Å². The van der Waals surface area contributed by atoms with Crippen LogP contribution in [0.25, 0.3) is 0 Å². The van der Waals surface area contributed by atoms with Gasteiger partial charge in [-0.2, -0.15) is 4.98 Å². The Hall–Kier alpha value is -1.86. The number of hydrogen-bond acceptors (Lipinski definition) is 4. The fraction of sp³-hybridized carbons (Fsp3) is 0.308. The van der Waals surface area contributed by atoms with Crippen LogP contribution in [0.3, 0.4) is 0 Å². The molecule has 1 unspecified atom stereocenters. The summed E-state index contributed by atoms with van der Waals surface area (Å²) in [5.74, 6) is 0.169. The summed E-state index contributed by atoms with van der Waals surface area (Å²) in [6.07, 6.45) is 0. The van der Waals surface area contributed by atoms with Crippen molar-refractivity contribution in [3.8, 4) is 0 Å². The van der Waals surface area contributed by atoms with E-state index < -0.39 is 17.9 Å². The molecule has 2 rings (SSSR count). The number of aromatic nitrogens is 2. The molecular formula is C13H13Cl2FN4O2. The third-order valence-electron chi connectivity index (χ3n) is 2.83. The fourth-order valence-electron chi connectivity index (χ4n) is 1.77. The molecule has 6 nitrogen and oxygen atoms in total. The molecule has 0 spiro atoms. The van der Waals surface area contributed by atoms with Gasteiger partial charge in [0.1, 0.15) is 5.82 Å². The van der Waals surface area contributed by atoms with E-state index in [9.17, 15) is 9.18 Å². The lowest BCUT2D eigenvalue weighted by Crippen LogP contribution is -2.37. The summed E-state index contributed by atoms with van der Waals surface area (Å²) < 4.78 is 18.3. The van der Waals surface area contributed by atoms with Gasteiger partial charge in [-0.3, -0.25) is 0 Å². The smallest absolute Gasteiger partial charge is 0.315 e. The number of benzene rings is 1. The van der Waals surface area contributed by atoms with Crippen molar-refractivity contribution in [2.45, 2.75) is 26.4 Å².